The number of amides is 2. The molecule has 0 saturated carbocycles. The van der Waals surface area contributed by atoms with Crippen molar-refractivity contribution in [1.82, 2.24) is 15.1 Å². The molecule has 0 saturated heterocycles. The Morgan fingerprint density at radius 3 is 2.50 bits per heavy atom. The first-order chi connectivity index (χ1) is 14.4. The van der Waals surface area contributed by atoms with Crippen molar-refractivity contribution >= 4 is 23.6 Å². The van der Waals surface area contributed by atoms with Crippen molar-refractivity contribution in [2.24, 2.45) is 0 Å². The molecule has 30 heavy (non-hydrogen) atoms. The number of anilines is 1. The predicted octanol–water partition coefficient (Wildman–Crippen LogP) is 2.40. The van der Waals surface area contributed by atoms with Crippen molar-refractivity contribution in [2.75, 3.05) is 18.5 Å². The second kappa shape index (κ2) is 9.51. The number of hydrogen-bond donors (Lipinski definition) is 2. The van der Waals surface area contributed by atoms with E-state index in [1.807, 2.05) is 50.2 Å². The van der Waals surface area contributed by atoms with Gasteiger partial charge in [0.25, 0.3) is 11.8 Å². The van der Waals surface area contributed by atoms with Gasteiger partial charge >= 0.3 is 5.97 Å². The fourth-order valence-electron chi connectivity index (χ4n) is 2.77. The molecule has 0 unspecified atom stereocenters. The van der Waals surface area contributed by atoms with Gasteiger partial charge in [-0.1, -0.05) is 35.9 Å². The second-order valence-corrected chi connectivity index (χ2v) is 6.68. The van der Waals surface area contributed by atoms with Crippen molar-refractivity contribution < 1.29 is 19.1 Å². The average Bonchev–Trinajstić information content (AvgIpc) is 3.11. The number of nitrogens with one attached hydrogen (secondary N) is 2. The Bertz CT molecular complexity index is 1060. The Kier molecular flexibility index (Phi) is 6.59. The molecule has 1 heterocycles. The van der Waals surface area contributed by atoms with Crippen LogP contribution in [0.5, 0.6) is 0 Å². The zero-order chi connectivity index (χ0) is 21.5. The van der Waals surface area contributed by atoms with Gasteiger partial charge in [-0.25, -0.2) is 4.68 Å². The van der Waals surface area contributed by atoms with Gasteiger partial charge in [-0.15, -0.1) is 0 Å². The SMILES string of the molecule is Cc1cccc(C(=O)NCC(=O)OCC(=O)Nc2cc(C)nn2-c2ccccc2)c1. The smallest absolute Gasteiger partial charge is 0.325 e. The van der Waals surface area contributed by atoms with Gasteiger partial charge in [0.1, 0.15) is 12.4 Å². The lowest BCUT2D eigenvalue weighted by Gasteiger charge is -2.10. The van der Waals surface area contributed by atoms with E-state index in [4.69, 9.17) is 4.74 Å². The molecule has 154 valence electrons. The molecule has 2 N–H and O–H groups in total. The quantitative estimate of drug-likeness (QED) is 0.587. The monoisotopic (exact) mass is 406 g/mol. The first-order valence-electron chi connectivity index (χ1n) is 9.35. The molecule has 0 aliphatic rings. The van der Waals surface area contributed by atoms with Crippen LogP contribution in [-0.4, -0.2) is 40.7 Å². The topological polar surface area (TPSA) is 102 Å². The maximum atomic E-state index is 12.2. The number of aryl methyl sites for hydroxylation is 2. The third kappa shape index (κ3) is 5.54. The van der Waals surface area contributed by atoms with Gasteiger partial charge in [-0.05, 0) is 38.1 Å². The van der Waals surface area contributed by atoms with Gasteiger partial charge in [0, 0.05) is 11.6 Å². The summed E-state index contributed by atoms with van der Waals surface area (Å²) >= 11 is 0. The van der Waals surface area contributed by atoms with Gasteiger partial charge < -0.3 is 15.4 Å². The van der Waals surface area contributed by atoms with E-state index in [9.17, 15) is 14.4 Å². The maximum absolute atomic E-state index is 12.2. The third-order valence-corrected chi connectivity index (χ3v) is 4.14. The third-order valence-electron chi connectivity index (χ3n) is 4.14. The molecule has 0 bridgehead atoms. The Morgan fingerprint density at radius 2 is 1.77 bits per heavy atom. The normalized spacial score (nSPS) is 10.3. The number of rotatable bonds is 7. The largest absolute Gasteiger partial charge is 0.454 e. The van der Waals surface area contributed by atoms with E-state index >= 15 is 0 Å². The molecule has 8 nitrogen and oxygen atoms in total. The number of carbonyl (C=O) groups excluding carboxylic acids is 3. The van der Waals surface area contributed by atoms with Crippen molar-refractivity contribution in [2.45, 2.75) is 13.8 Å². The minimum absolute atomic E-state index is 0.332. The Labute approximate surface area is 173 Å². The molecule has 8 heteroatoms. The summed E-state index contributed by atoms with van der Waals surface area (Å²) in [5.74, 6) is -1.14. The summed E-state index contributed by atoms with van der Waals surface area (Å²) in [7, 11) is 0. The summed E-state index contributed by atoms with van der Waals surface area (Å²) in [5.41, 5.74) is 2.90. The molecule has 1 aromatic heterocycles. The van der Waals surface area contributed by atoms with Gasteiger partial charge in [-0.2, -0.15) is 5.10 Å². The van der Waals surface area contributed by atoms with Crippen molar-refractivity contribution in [3.8, 4) is 5.69 Å². The van der Waals surface area contributed by atoms with Gasteiger partial charge in [0.15, 0.2) is 6.61 Å². The highest BCUT2D eigenvalue weighted by Gasteiger charge is 2.14. The van der Waals surface area contributed by atoms with E-state index in [1.54, 1.807) is 28.9 Å². The maximum Gasteiger partial charge on any atom is 0.325 e. The first kappa shape index (κ1) is 20.8. The zero-order valence-corrected chi connectivity index (χ0v) is 16.7. The summed E-state index contributed by atoms with van der Waals surface area (Å²) < 4.78 is 6.54. The highest BCUT2D eigenvalue weighted by atomic mass is 16.5. The van der Waals surface area contributed by atoms with Crippen LogP contribution in [0.4, 0.5) is 5.82 Å². The molecule has 0 aliphatic heterocycles. The number of aromatic nitrogens is 2. The van der Waals surface area contributed by atoms with Crippen LogP contribution >= 0.6 is 0 Å². The molecule has 0 spiro atoms. The standard InChI is InChI=1S/C22H22N4O4/c1-15-7-6-8-17(11-15)22(29)23-13-21(28)30-14-20(27)24-19-12-16(2)25-26(19)18-9-4-3-5-10-18/h3-12H,13-14H2,1-2H3,(H,23,29)(H,24,27). The fourth-order valence-corrected chi connectivity index (χ4v) is 2.77. The lowest BCUT2D eigenvalue weighted by atomic mass is 10.1. The Hall–Kier alpha value is -3.94. The highest BCUT2D eigenvalue weighted by Crippen LogP contribution is 2.16. The lowest BCUT2D eigenvalue weighted by Crippen LogP contribution is -2.32. The number of hydrogen-bond acceptors (Lipinski definition) is 5. The van der Waals surface area contributed by atoms with Crippen LogP contribution in [0.1, 0.15) is 21.6 Å². The van der Waals surface area contributed by atoms with Gasteiger partial charge in [-0.3, -0.25) is 14.4 Å². The van der Waals surface area contributed by atoms with Crippen LogP contribution in [0.3, 0.4) is 0 Å². The van der Waals surface area contributed by atoms with Crippen LogP contribution in [0.15, 0.2) is 60.7 Å². The summed E-state index contributed by atoms with van der Waals surface area (Å²) in [4.78, 5) is 36.1. The molecule has 0 atom stereocenters. The lowest BCUT2D eigenvalue weighted by molar-refractivity contribution is -0.146. The first-order valence-corrected chi connectivity index (χ1v) is 9.35. The molecule has 0 radical (unpaired) electrons. The summed E-state index contributed by atoms with van der Waals surface area (Å²) in [6, 6.07) is 18.0. The molecular weight excluding hydrogens is 384 g/mol. The van der Waals surface area contributed by atoms with Crippen LogP contribution in [0.2, 0.25) is 0 Å². The van der Waals surface area contributed by atoms with Crippen LogP contribution in [0.25, 0.3) is 5.69 Å². The molecule has 0 fully saturated rings. The summed E-state index contributed by atoms with van der Waals surface area (Å²) in [5, 5.41) is 9.51. The van der Waals surface area contributed by atoms with Crippen LogP contribution < -0.4 is 10.6 Å². The minimum atomic E-state index is -0.709. The summed E-state index contributed by atoms with van der Waals surface area (Å²) in [6.45, 7) is 2.88. The molecule has 2 aromatic carbocycles. The second-order valence-electron chi connectivity index (χ2n) is 6.68. The minimum Gasteiger partial charge on any atom is -0.454 e. The highest BCUT2D eigenvalue weighted by molar-refractivity contribution is 5.96. The van der Waals surface area contributed by atoms with Crippen LogP contribution in [-0.2, 0) is 14.3 Å². The van der Waals surface area contributed by atoms with E-state index in [1.165, 1.54) is 0 Å². The molecule has 3 aromatic rings. The number of carbonyl (C=O) groups is 3. The van der Waals surface area contributed by atoms with E-state index < -0.39 is 18.5 Å². The fraction of sp³-hybridized carbons (Fsp3) is 0.182. The Balaban J connectivity index is 1.49. The number of para-hydroxylation sites is 1. The number of esters is 1. The van der Waals surface area contributed by atoms with Crippen LogP contribution in [0, 0.1) is 13.8 Å². The van der Waals surface area contributed by atoms with Crippen molar-refractivity contribution in [3.05, 3.63) is 77.5 Å². The number of nitrogens with zero attached hydrogens (tertiary/aromatic N) is 2. The van der Waals surface area contributed by atoms with Gasteiger partial charge in [0.2, 0.25) is 0 Å². The van der Waals surface area contributed by atoms with E-state index in [0.717, 1.165) is 16.9 Å². The van der Waals surface area contributed by atoms with E-state index in [-0.39, 0.29) is 12.5 Å². The Morgan fingerprint density at radius 1 is 1.00 bits per heavy atom. The van der Waals surface area contributed by atoms with Crippen molar-refractivity contribution in [3.63, 3.8) is 0 Å². The number of benzene rings is 2. The molecule has 0 aliphatic carbocycles. The average molecular weight is 406 g/mol. The zero-order valence-electron chi connectivity index (χ0n) is 16.7. The predicted molar refractivity (Wildman–Crippen MR) is 111 cm³/mol. The molecule has 2 amide bonds. The molecular formula is C22H22N4O4. The summed E-state index contributed by atoms with van der Waals surface area (Å²) in [6.07, 6.45) is 0. The van der Waals surface area contributed by atoms with Gasteiger partial charge in [0.05, 0.1) is 11.4 Å². The number of ether oxygens (including phenoxy) is 1. The molecule has 3 rings (SSSR count). The van der Waals surface area contributed by atoms with E-state index in [0.29, 0.717) is 11.4 Å². The van der Waals surface area contributed by atoms with E-state index in [2.05, 4.69) is 15.7 Å². The van der Waals surface area contributed by atoms with Crippen molar-refractivity contribution in [1.29, 1.82) is 0 Å².